The van der Waals surface area contributed by atoms with Gasteiger partial charge in [-0.2, -0.15) is 0 Å². The second-order valence-corrected chi connectivity index (χ2v) is 6.68. The Morgan fingerprint density at radius 3 is 2.95 bits per heavy atom. The summed E-state index contributed by atoms with van der Waals surface area (Å²) in [7, 11) is 2.05. The van der Waals surface area contributed by atoms with Crippen LogP contribution in [0.3, 0.4) is 0 Å². The van der Waals surface area contributed by atoms with Gasteiger partial charge in [0.25, 0.3) is 0 Å². The molecule has 1 atom stereocenters. The van der Waals surface area contributed by atoms with E-state index in [0.717, 1.165) is 29.0 Å². The van der Waals surface area contributed by atoms with Crippen molar-refractivity contribution in [2.45, 2.75) is 24.3 Å². The van der Waals surface area contributed by atoms with Crippen LogP contribution in [0, 0.1) is 0 Å². The summed E-state index contributed by atoms with van der Waals surface area (Å²) in [6.07, 6.45) is 4.99. The fraction of sp³-hybridized carbons (Fsp3) is 0.400. The van der Waals surface area contributed by atoms with Gasteiger partial charge in [-0.3, -0.25) is 0 Å². The predicted octanol–water partition coefficient (Wildman–Crippen LogP) is 4.02. The first-order valence-corrected chi connectivity index (χ1v) is 8.57. The summed E-state index contributed by atoms with van der Waals surface area (Å²) >= 11 is 5.37. The van der Waals surface area contributed by atoms with Gasteiger partial charge in [0.1, 0.15) is 5.82 Å². The SMILES string of the molecule is CCCNC(CSc1cccc(Br)c1)c1nccn1C. The fourth-order valence-electron chi connectivity index (χ4n) is 1.99. The van der Waals surface area contributed by atoms with E-state index in [1.165, 1.54) is 4.90 Å². The molecule has 2 rings (SSSR count). The number of hydrogen-bond donors (Lipinski definition) is 1. The third-order valence-corrected chi connectivity index (χ3v) is 4.60. The van der Waals surface area contributed by atoms with E-state index in [4.69, 9.17) is 0 Å². The number of nitrogens with zero attached hydrogens (tertiary/aromatic N) is 2. The van der Waals surface area contributed by atoms with Crippen molar-refractivity contribution < 1.29 is 0 Å². The zero-order valence-corrected chi connectivity index (χ0v) is 14.2. The first kappa shape index (κ1) is 15.6. The van der Waals surface area contributed by atoms with Gasteiger partial charge in [-0.05, 0) is 31.2 Å². The smallest absolute Gasteiger partial charge is 0.126 e. The van der Waals surface area contributed by atoms with Gasteiger partial charge in [0, 0.05) is 34.6 Å². The lowest BCUT2D eigenvalue weighted by atomic mass is 10.3. The molecule has 5 heteroatoms. The molecule has 0 aliphatic heterocycles. The lowest BCUT2D eigenvalue weighted by Crippen LogP contribution is -2.26. The van der Waals surface area contributed by atoms with Crippen molar-refractivity contribution in [1.29, 1.82) is 0 Å². The molecular weight excluding hydrogens is 334 g/mol. The molecule has 1 N–H and O–H groups in total. The zero-order valence-electron chi connectivity index (χ0n) is 11.8. The van der Waals surface area contributed by atoms with Crippen LogP contribution in [0.5, 0.6) is 0 Å². The Morgan fingerprint density at radius 1 is 1.45 bits per heavy atom. The van der Waals surface area contributed by atoms with E-state index in [9.17, 15) is 0 Å². The molecule has 0 fully saturated rings. The van der Waals surface area contributed by atoms with Crippen LogP contribution in [0.15, 0.2) is 46.0 Å². The predicted molar refractivity (Wildman–Crippen MR) is 89.1 cm³/mol. The van der Waals surface area contributed by atoms with Gasteiger partial charge in [-0.25, -0.2) is 4.98 Å². The van der Waals surface area contributed by atoms with Gasteiger partial charge < -0.3 is 9.88 Å². The topological polar surface area (TPSA) is 29.9 Å². The molecule has 1 heterocycles. The first-order valence-electron chi connectivity index (χ1n) is 6.79. The molecule has 0 radical (unpaired) electrons. The molecule has 20 heavy (non-hydrogen) atoms. The summed E-state index contributed by atoms with van der Waals surface area (Å²) in [6, 6.07) is 8.70. The van der Waals surface area contributed by atoms with Gasteiger partial charge in [-0.1, -0.05) is 28.9 Å². The summed E-state index contributed by atoms with van der Waals surface area (Å²) in [5.74, 6) is 2.07. The highest BCUT2D eigenvalue weighted by Crippen LogP contribution is 2.26. The average Bonchev–Trinajstić information content (AvgIpc) is 2.85. The zero-order chi connectivity index (χ0) is 14.4. The molecule has 0 bridgehead atoms. The monoisotopic (exact) mass is 353 g/mol. The summed E-state index contributed by atoms with van der Waals surface area (Å²) < 4.78 is 3.21. The van der Waals surface area contributed by atoms with Gasteiger partial charge >= 0.3 is 0 Å². The van der Waals surface area contributed by atoms with E-state index in [2.05, 4.69) is 62.0 Å². The lowest BCUT2D eigenvalue weighted by Gasteiger charge is -2.18. The third-order valence-electron chi connectivity index (χ3n) is 3.02. The highest BCUT2D eigenvalue weighted by Gasteiger charge is 2.15. The maximum Gasteiger partial charge on any atom is 0.126 e. The third kappa shape index (κ3) is 4.36. The standard InChI is InChI=1S/C15H20BrN3S/c1-3-7-17-14(15-18-8-9-19(15)2)11-20-13-6-4-5-12(16)10-13/h4-6,8-10,14,17H,3,7,11H2,1-2H3. The Hall–Kier alpha value is -0.780. The molecule has 0 saturated heterocycles. The molecule has 0 aliphatic rings. The summed E-state index contributed by atoms with van der Waals surface area (Å²) in [5, 5.41) is 3.58. The van der Waals surface area contributed by atoms with Crippen molar-refractivity contribution >= 4 is 27.7 Å². The van der Waals surface area contributed by atoms with Gasteiger partial charge in [0.05, 0.1) is 6.04 Å². The van der Waals surface area contributed by atoms with Crippen LogP contribution in [0.1, 0.15) is 25.2 Å². The van der Waals surface area contributed by atoms with Crippen molar-refractivity contribution in [2.24, 2.45) is 7.05 Å². The molecule has 1 aromatic carbocycles. The van der Waals surface area contributed by atoms with Crippen molar-refractivity contribution in [3.05, 3.63) is 47.0 Å². The maximum absolute atomic E-state index is 4.48. The Balaban J connectivity index is 2.03. The number of hydrogen-bond acceptors (Lipinski definition) is 3. The van der Waals surface area contributed by atoms with Crippen molar-refractivity contribution in [1.82, 2.24) is 14.9 Å². The molecule has 0 aliphatic carbocycles. The van der Waals surface area contributed by atoms with Gasteiger partial charge in [0.15, 0.2) is 0 Å². The highest BCUT2D eigenvalue weighted by atomic mass is 79.9. The molecule has 0 saturated carbocycles. The van der Waals surface area contributed by atoms with Crippen molar-refractivity contribution in [3.8, 4) is 0 Å². The second-order valence-electron chi connectivity index (χ2n) is 4.67. The number of benzene rings is 1. The molecule has 2 aromatic rings. The quantitative estimate of drug-likeness (QED) is 0.762. The Bertz CT molecular complexity index is 541. The van der Waals surface area contributed by atoms with Gasteiger partial charge in [-0.15, -0.1) is 11.8 Å². The number of nitrogens with one attached hydrogen (secondary N) is 1. The Kier molecular flexibility index (Phi) is 6.13. The van der Waals surface area contributed by atoms with Crippen molar-refractivity contribution in [2.75, 3.05) is 12.3 Å². The number of imidazole rings is 1. The van der Waals surface area contributed by atoms with Crippen LogP contribution >= 0.6 is 27.7 Å². The summed E-state index contributed by atoms with van der Waals surface area (Å²) in [5.41, 5.74) is 0. The highest BCUT2D eigenvalue weighted by molar-refractivity contribution is 9.10. The second kappa shape index (κ2) is 7.86. The fourth-order valence-corrected chi connectivity index (χ4v) is 3.55. The molecule has 1 unspecified atom stereocenters. The van der Waals surface area contributed by atoms with Crippen LogP contribution < -0.4 is 5.32 Å². The minimum absolute atomic E-state index is 0.277. The van der Waals surface area contributed by atoms with Crippen molar-refractivity contribution in [3.63, 3.8) is 0 Å². The van der Waals surface area contributed by atoms with E-state index >= 15 is 0 Å². The molecule has 0 amide bonds. The largest absolute Gasteiger partial charge is 0.337 e. The number of aromatic nitrogens is 2. The van der Waals surface area contributed by atoms with E-state index in [0.29, 0.717) is 0 Å². The number of halogens is 1. The number of aryl methyl sites for hydroxylation is 1. The average molecular weight is 354 g/mol. The Labute approximate surface area is 133 Å². The Morgan fingerprint density at radius 2 is 2.30 bits per heavy atom. The van der Waals surface area contributed by atoms with E-state index in [-0.39, 0.29) is 6.04 Å². The first-order chi connectivity index (χ1) is 9.70. The summed E-state index contributed by atoms with van der Waals surface area (Å²) in [4.78, 5) is 5.75. The molecule has 0 spiro atoms. The van der Waals surface area contributed by atoms with Crippen LogP contribution in [0.4, 0.5) is 0 Å². The minimum Gasteiger partial charge on any atom is -0.337 e. The maximum atomic E-state index is 4.48. The lowest BCUT2D eigenvalue weighted by molar-refractivity contribution is 0.535. The molecule has 108 valence electrons. The van der Waals surface area contributed by atoms with Crippen LogP contribution in [0.25, 0.3) is 0 Å². The molecule has 3 nitrogen and oxygen atoms in total. The van der Waals surface area contributed by atoms with E-state index in [1.54, 1.807) is 0 Å². The number of rotatable bonds is 7. The van der Waals surface area contributed by atoms with Gasteiger partial charge in [0.2, 0.25) is 0 Å². The minimum atomic E-state index is 0.277. The normalized spacial score (nSPS) is 12.6. The van der Waals surface area contributed by atoms with Crippen LogP contribution in [-0.2, 0) is 7.05 Å². The molecule has 1 aromatic heterocycles. The summed E-state index contributed by atoms with van der Waals surface area (Å²) in [6.45, 7) is 3.19. The van der Waals surface area contributed by atoms with Crippen LogP contribution in [0.2, 0.25) is 0 Å². The van der Waals surface area contributed by atoms with Crippen LogP contribution in [-0.4, -0.2) is 21.8 Å². The van der Waals surface area contributed by atoms with E-state index in [1.807, 2.05) is 31.2 Å². The van der Waals surface area contributed by atoms with E-state index < -0.39 is 0 Å². The molecular formula is C15H20BrN3S. The number of thioether (sulfide) groups is 1.